The van der Waals surface area contributed by atoms with E-state index in [9.17, 15) is 9.59 Å². The monoisotopic (exact) mass is 168 g/mol. The molecule has 0 aliphatic heterocycles. The zero-order valence-electron chi connectivity index (χ0n) is 7.80. The molecule has 0 radical (unpaired) electrons. The van der Waals surface area contributed by atoms with E-state index in [1.165, 1.54) is 0 Å². The van der Waals surface area contributed by atoms with Crippen LogP contribution in [-0.2, 0) is 9.59 Å². The van der Waals surface area contributed by atoms with E-state index >= 15 is 0 Å². The van der Waals surface area contributed by atoms with Gasteiger partial charge in [-0.1, -0.05) is 13.8 Å². The molecule has 1 rings (SSSR count). The maximum atomic E-state index is 11.1. The lowest BCUT2D eigenvalue weighted by Crippen LogP contribution is -2.34. The molecular formula is C10H16O2. The van der Waals surface area contributed by atoms with Crippen molar-refractivity contribution < 1.29 is 9.59 Å². The third-order valence-corrected chi connectivity index (χ3v) is 2.75. The maximum absolute atomic E-state index is 11.1. The predicted octanol–water partition coefficient (Wildman–Crippen LogP) is 1.97. The molecular weight excluding hydrogens is 152 g/mol. The average Bonchev–Trinajstić information content (AvgIpc) is 2.01. The first-order chi connectivity index (χ1) is 5.69. The van der Waals surface area contributed by atoms with Crippen LogP contribution in [0, 0.1) is 11.8 Å². The minimum atomic E-state index is 0.204. The van der Waals surface area contributed by atoms with E-state index in [2.05, 4.69) is 0 Å². The first-order valence-electron chi connectivity index (χ1n) is 4.74. The second kappa shape index (κ2) is 3.83. The molecule has 1 aliphatic carbocycles. The summed E-state index contributed by atoms with van der Waals surface area (Å²) in [6.07, 6.45) is 2.88. The van der Waals surface area contributed by atoms with Crippen LogP contribution in [0.25, 0.3) is 0 Å². The summed E-state index contributed by atoms with van der Waals surface area (Å²) >= 11 is 0. The molecule has 1 saturated carbocycles. The first kappa shape index (κ1) is 9.43. The molecule has 0 aromatic carbocycles. The van der Waals surface area contributed by atoms with Gasteiger partial charge in [0.1, 0.15) is 11.6 Å². The van der Waals surface area contributed by atoms with Gasteiger partial charge in [-0.2, -0.15) is 0 Å². The SMILES string of the molecule is CCC(=O)C1CC(C(=O)CC)C1. The van der Waals surface area contributed by atoms with E-state index in [1.807, 2.05) is 13.8 Å². The summed E-state index contributed by atoms with van der Waals surface area (Å²) in [4.78, 5) is 22.3. The third kappa shape index (κ3) is 1.74. The minimum Gasteiger partial charge on any atom is -0.299 e. The number of ketones is 2. The van der Waals surface area contributed by atoms with Crippen molar-refractivity contribution in [3.8, 4) is 0 Å². The van der Waals surface area contributed by atoms with E-state index in [0.717, 1.165) is 12.8 Å². The zero-order valence-corrected chi connectivity index (χ0v) is 7.80. The lowest BCUT2D eigenvalue weighted by molar-refractivity contribution is -0.132. The summed E-state index contributed by atoms with van der Waals surface area (Å²) in [5, 5.41) is 0. The molecule has 2 heteroatoms. The van der Waals surface area contributed by atoms with Crippen LogP contribution < -0.4 is 0 Å². The van der Waals surface area contributed by atoms with Crippen molar-refractivity contribution in [2.45, 2.75) is 39.5 Å². The van der Waals surface area contributed by atoms with Gasteiger partial charge >= 0.3 is 0 Å². The molecule has 0 heterocycles. The average molecular weight is 168 g/mol. The van der Waals surface area contributed by atoms with Gasteiger partial charge in [0.2, 0.25) is 0 Å². The number of rotatable bonds is 4. The van der Waals surface area contributed by atoms with Gasteiger partial charge in [0, 0.05) is 24.7 Å². The van der Waals surface area contributed by atoms with Crippen molar-refractivity contribution in [2.24, 2.45) is 11.8 Å². The van der Waals surface area contributed by atoms with Crippen LogP contribution in [0.15, 0.2) is 0 Å². The van der Waals surface area contributed by atoms with Crippen molar-refractivity contribution in [2.75, 3.05) is 0 Å². The van der Waals surface area contributed by atoms with Crippen LogP contribution in [0.3, 0.4) is 0 Å². The third-order valence-electron chi connectivity index (χ3n) is 2.75. The van der Waals surface area contributed by atoms with Crippen molar-refractivity contribution >= 4 is 11.6 Å². The van der Waals surface area contributed by atoms with Crippen LogP contribution in [0.5, 0.6) is 0 Å². The van der Waals surface area contributed by atoms with Crippen LogP contribution in [-0.4, -0.2) is 11.6 Å². The van der Waals surface area contributed by atoms with E-state index in [1.54, 1.807) is 0 Å². The fraction of sp³-hybridized carbons (Fsp3) is 0.800. The number of hydrogen-bond donors (Lipinski definition) is 0. The Balaban J connectivity index is 2.28. The highest BCUT2D eigenvalue weighted by Crippen LogP contribution is 2.36. The van der Waals surface area contributed by atoms with Gasteiger partial charge in [-0.15, -0.1) is 0 Å². The molecule has 68 valence electrons. The van der Waals surface area contributed by atoms with Gasteiger partial charge in [0.05, 0.1) is 0 Å². The Morgan fingerprint density at radius 3 is 1.58 bits per heavy atom. The topological polar surface area (TPSA) is 34.1 Å². The van der Waals surface area contributed by atoms with Gasteiger partial charge in [-0.25, -0.2) is 0 Å². The predicted molar refractivity (Wildman–Crippen MR) is 46.8 cm³/mol. The van der Waals surface area contributed by atoms with Gasteiger partial charge < -0.3 is 0 Å². The second-order valence-electron chi connectivity index (χ2n) is 3.50. The van der Waals surface area contributed by atoms with Crippen molar-refractivity contribution in [1.82, 2.24) is 0 Å². The molecule has 0 N–H and O–H groups in total. The largest absolute Gasteiger partial charge is 0.299 e. The van der Waals surface area contributed by atoms with Crippen molar-refractivity contribution in [1.29, 1.82) is 0 Å². The van der Waals surface area contributed by atoms with Crippen LogP contribution in [0.2, 0.25) is 0 Å². The molecule has 0 aromatic heterocycles. The first-order valence-corrected chi connectivity index (χ1v) is 4.74. The fourth-order valence-electron chi connectivity index (χ4n) is 1.72. The molecule has 1 fully saturated rings. The highest BCUT2D eigenvalue weighted by Gasteiger charge is 2.36. The number of carbonyl (C=O) groups excluding carboxylic acids is 2. The van der Waals surface area contributed by atoms with Gasteiger partial charge in [-0.3, -0.25) is 9.59 Å². The molecule has 12 heavy (non-hydrogen) atoms. The lowest BCUT2D eigenvalue weighted by atomic mass is 9.70. The molecule has 0 spiro atoms. The normalized spacial score (nSPS) is 27.8. The summed E-state index contributed by atoms with van der Waals surface area (Å²) in [7, 11) is 0. The zero-order chi connectivity index (χ0) is 9.14. The Morgan fingerprint density at radius 1 is 1.00 bits per heavy atom. The van der Waals surface area contributed by atoms with E-state index < -0.39 is 0 Å². The van der Waals surface area contributed by atoms with Gasteiger partial charge in [-0.05, 0) is 12.8 Å². The van der Waals surface area contributed by atoms with Crippen molar-refractivity contribution in [3.05, 3.63) is 0 Å². The molecule has 0 aromatic rings. The lowest BCUT2D eigenvalue weighted by Gasteiger charge is -2.32. The van der Waals surface area contributed by atoms with Crippen LogP contribution in [0.4, 0.5) is 0 Å². The molecule has 0 unspecified atom stereocenters. The van der Waals surface area contributed by atoms with Crippen LogP contribution in [0.1, 0.15) is 39.5 Å². The van der Waals surface area contributed by atoms with Crippen LogP contribution >= 0.6 is 0 Å². The molecule has 0 saturated heterocycles. The standard InChI is InChI=1S/C10H16O2/c1-3-9(11)7-5-8(6-7)10(12)4-2/h7-8H,3-6H2,1-2H3. The molecule has 1 aliphatic rings. The number of carbonyl (C=O) groups is 2. The van der Waals surface area contributed by atoms with Gasteiger partial charge in [0.25, 0.3) is 0 Å². The van der Waals surface area contributed by atoms with E-state index in [4.69, 9.17) is 0 Å². The summed E-state index contributed by atoms with van der Waals surface area (Å²) in [5.41, 5.74) is 0. The Kier molecular flexibility index (Phi) is 3.01. The summed E-state index contributed by atoms with van der Waals surface area (Å²) in [6.45, 7) is 3.77. The van der Waals surface area contributed by atoms with Crippen molar-refractivity contribution in [3.63, 3.8) is 0 Å². The minimum absolute atomic E-state index is 0.204. The summed E-state index contributed by atoms with van der Waals surface area (Å²) < 4.78 is 0. The maximum Gasteiger partial charge on any atom is 0.135 e. The number of hydrogen-bond acceptors (Lipinski definition) is 2. The quantitative estimate of drug-likeness (QED) is 0.643. The second-order valence-corrected chi connectivity index (χ2v) is 3.50. The Bertz CT molecular complexity index is 170. The Morgan fingerprint density at radius 2 is 1.33 bits per heavy atom. The highest BCUT2D eigenvalue weighted by molar-refractivity contribution is 5.87. The smallest absolute Gasteiger partial charge is 0.135 e. The molecule has 0 bridgehead atoms. The van der Waals surface area contributed by atoms with E-state index in [-0.39, 0.29) is 11.8 Å². The molecule has 0 amide bonds. The number of Topliss-reactive ketones (excluding diaryl/α,β-unsaturated/α-hetero) is 2. The van der Waals surface area contributed by atoms with E-state index in [0.29, 0.717) is 24.4 Å². The fourth-order valence-corrected chi connectivity index (χ4v) is 1.72. The summed E-state index contributed by atoms with van der Waals surface area (Å²) in [5.74, 6) is 1.07. The molecule has 2 nitrogen and oxygen atoms in total. The van der Waals surface area contributed by atoms with Gasteiger partial charge in [0.15, 0.2) is 0 Å². The Hall–Kier alpha value is -0.660. The highest BCUT2D eigenvalue weighted by atomic mass is 16.1. The Labute approximate surface area is 73.3 Å². The molecule has 0 atom stereocenters. The summed E-state index contributed by atoms with van der Waals surface area (Å²) in [6, 6.07) is 0.